The summed E-state index contributed by atoms with van der Waals surface area (Å²) >= 11 is 1.82. The smallest absolute Gasteiger partial charge is 0.113 e. The Labute approximate surface area is 76.2 Å². The molecule has 2 nitrogen and oxygen atoms in total. The zero-order valence-electron chi connectivity index (χ0n) is 7.13. The molecule has 3 rings (SSSR count). The molecule has 2 aliphatic rings. The number of likely N-dealkylation sites (N-methyl/N-ethyl adjacent to an activating group) is 1. The Kier molecular flexibility index (Phi) is 1.11. The van der Waals surface area contributed by atoms with E-state index >= 15 is 0 Å². The van der Waals surface area contributed by atoms with Gasteiger partial charge in [-0.15, -0.1) is 11.3 Å². The van der Waals surface area contributed by atoms with Crippen LogP contribution < -0.4 is 10.2 Å². The molecule has 1 aliphatic heterocycles. The minimum absolute atomic E-state index is 0.451. The van der Waals surface area contributed by atoms with E-state index in [0.29, 0.717) is 5.54 Å². The SMILES string of the molecule is CN1CC2(CC2)Nc2sccc21. The number of thiophene rings is 1. The molecule has 1 saturated carbocycles. The summed E-state index contributed by atoms with van der Waals surface area (Å²) in [5.41, 5.74) is 1.82. The molecule has 1 spiro atoms. The van der Waals surface area contributed by atoms with Gasteiger partial charge in [-0.3, -0.25) is 0 Å². The van der Waals surface area contributed by atoms with Gasteiger partial charge in [-0.25, -0.2) is 0 Å². The molecule has 0 unspecified atom stereocenters. The molecule has 12 heavy (non-hydrogen) atoms. The summed E-state index contributed by atoms with van der Waals surface area (Å²) in [6.45, 7) is 1.18. The van der Waals surface area contributed by atoms with Crippen LogP contribution in [0.3, 0.4) is 0 Å². The van der Waals surface area contributed by atoms with Crippen LogP contribution in [0.1, 0.15) is 12.8 Å². The molecule has 1 fully saturated rings. The van der Waals surface area contributed by atoms with Gasteiger partial charge >= 0.3 is 0 Å². The number of nitrogens with one attached hydrogen (secondary N) is 1. The van der Waals surface area contributed by atoms with E-state index in [4.69, 9.17) is 0 Å². The van der Waals surface area contributed by atoms with E-state index in [2.05, 4.69) is 28.7 Å². The number of hydrogen-bond acceptors (Lipinski definition) is 3. The molecule has 1 N–H and O–H groups in total. The average Bonchev–Trinajstić information content (AvgIpc) is 2.63. The molecule has 0 saturated heterocycles. The summed E-state index contributed by atoms with van der Waals surface area (Å²) in [7, 11) is 2.19. The first-order valence-corrected chi connectivity index (χ1v) is 5.24. The second-order valence-electron chi connectivity index (χ2n) is 3.90. The Balaban J connectivity index is 2.04. The van der Waals surface area contributed by atoms with E-state index in [-0.39, 0.29) is 0 Å². The summed E-state index contributed by atoms with van der Waals surface area (Å²) in [5, 5.41) is 7.16. The summed E-state index contributed by atoms with van der Waals surface area (Å²) in [5.74, 6) is 0. The Morgan fingerprint density at radius 2 is 2.42 bits per heavy atom. The molecular weight excluding hydrogens is 168 g/mol. The molecular formula is C9H12N2S. The third-order valence-corrected chi connectivity index (χ3v) is 3.65. The predicted molar refractivity (Wildman–Crippen MR) is 53.2 cm³/mol. The molecule has 0 aromatic carbocycles. The second-order valence-corrected chi connectivity index (χ2v) is 4.81. The lowest BCUT2D eigenvalue weighted by Crippen LogP contribution is -2.40. The van der Waals surface area contributed by atoms with Crippen molar-refractivity contribution in [3.63, 3.8) is 0 Å². The number of rotatable bonds is 0. The van der Waals surface area contributed by atoms with Gasteiger partial charge in [0.1, 0.15) is 5.00 Å². The van der Waals surface area contributed by atoms with Gasteiger partial charge < -0.3 is 10.2 Å². The molecule has 2 heterocycles. The molecule has 0 radical (unpaired) electrons. The van der Waals surface area contributed by atoms with Crippen molar-refractivity contribution in [2.24, 2.45) is 0 Å². The number of anilines is 2. The zero-order valence-corrected chi connectivity index (χ0v) is 7.95. The fourth-order valence-corrected chi connectivity index (χ4v) is 2.90. The van der Waals surface area contributed by atoms with Gasteiger partial charge in [0.15, 0.2) is 0 Å². The van der Waals surface area contributed by atoms with Crippen molar-refractivity contribution in [3.8, 4) is 0 Å². The first-order chi connectivity index (χ1) is 5.79. The van der Waals surface area contributed by atoms with E-state index in [0.717, 1.165) is 0 Å². The highest BCUT2D eigenvalue weighted by molar-refractivity contribution is 7.14. The van der Waals surface area contributed by atoms with Crippen LogP contribution in [-0.2, 0) is 0 Å². The zero-order chi connectivity index (χ0) is 8.18. The average molecular weight is 180 g/mol. The summed E-state index contributed by atoms with van der Waals surface area (Å²) in [6.07, 6.45) is 2.68. The van der Waals surface area contributed by atoms with Crippen LogP contribution in [0.4, 0.5) is 10.7 Å². The van der Waals surface area contributed by atoms with Gasteiger partial charge in [-0.05, 0) is 24.3 Å². The minimum atomic E-state index is 0.451. The molecule has 64 valence electrons. The maximum absolute atomic E-state index is 3.63. The summed E-state index contributed by atoms with van der Waals surface area (Å²) < 4.78 is 0. The Hall–Kier alpha value is -0.700. The van der Waals surface area contributed by atoms with Gasteiger partial charge in [-0.2, -0.15) is 0 Å². The highest BCUT2D eigenvalue weighted by Crippen LogP contribution is 2.47. The fraction of sp³-hybridized carbons (Fsp3) is 0.556. The second kappa shape index (κ2) is 1.96. The van der Waals surface area contributed by atoms with Crippen LogP contribution >= 0.6 is 11.3 Å². The molecule has 1 aromatic rings. The van der Waals surface area contributed by atoms with Crippen molar-refractivity contribution in [3.05, 3.63) is 11.4 Å². The van der Waals surface area contributed by atoms with Gasteiger partial charge in [0, 0.05) is 13.6 Å². The fourth-order valence-electron chi connectivity index (χ4n) is 1.95. The van der Waals surface area contributed by atoms with Gasteiger partial charge in [0.05, 0.1) is 11.2 Å². The lowest BCUT2D eigenvalue weighted by Gasteiger charge is -2.32. The van der Waals surface area contributed by atoms with Crippen molar-refractivity contribution >= 4 is 22.0 Å². The van der Waals surface area contributed by atoms with Gasteiger partial charge in [-0.1, -0.05) is 0 Å². The highest BCUT2D eigenvalue weighted by atomic mass is 32.1. The minimum Gasteiger partial charge on any atom is -0.370 e. The van der Waals surface area contributed by atoms with Gasteiger partial charge in [0.25, 0.3) is 0 Å². The molecule has 1 aromatic heterocycles. The Morgan fingerprint density at radius 3 is 3.17 bits per heavy atom. The molecule has 0 bridgehead atoms. The first kappa shape index (κ1) is 6.78. The Bertz CT molecular complexity index is 314. The van der Waals surface area contributed by atoms with E-state index in [9.17, 15) is 0 Å². The first-order valence-electron chi connectivity index (χ1n) is 4.36. The molecule has 3 heteroatoms. The van der Waals surface area contributed by atoms with Crippen molar-refractivity contribution in [1.82, 2.24) is 0 Å². The summed E-state index contributed by atoms with van der Waals surface area (Å²) in [4.78, 5) is 2.37. The van der Waals surface area contributed by atoms with Crippen molar-refractivity contribution in [2.75, 3.05) is 23.8 Å². The number of nitrogens with zero attached hydrogens (tertiary/aromatic N) is 1. The monoisotopic (exact) mass is 180 g/mol. The lowest BCUT2D eigenvalue weighted by molar-refractivity contribution is 0.690. The lowest BCUT2D eigenvalue weighted by atomic mass is 10.2. The maximum atomic E-state index is 3.63. The van der Waals surface area contributed by atoms with Crippen molar-refractivity contribution in [1.29, 1.82) is 0 Å². The normalized spacial score (nSPS) is 23.6. The van der Waals surface area contributed by atoms with Crippen LogP contribution in [-0.4, -0.2) is 19.1 Å². The predicted octanol–water partition coefficient (Wildman–Crippen LogP) is 2.14. The van der Waals surface area contributed by atoms with E-state index in [1.54, 1.807) is 0 Å². The largest absolute Gasteiger partial charge is 0.370 e. The van der Waals surface area contributed by atoms with Crippen LogP contribution in [0.5, 0.6) is 0 Å². The highest BCUT2D eigenvalue weighted by Gasteiger charge is 2.46. The topological polar surface area (TPSA) is 15.3 Å². The van der Waals surface area contributed by atoms with Gasteiger partial charge in [0.2, 0.25) is 0 Å². The number of hydrogen-bond donors (Lipinski definition) is 1. The van der Waals surface area contributed by atoms with Crippen LogP contribution in [0.25, 0.3) is 0 Å². The van der Waals surface area contributed by atoms with E-state index in [1.807, 2.05) is 11.3 Å². The summed E-state index contributed by atoms with van der Waals surface area (Å²) in [6, 6.07) is 2.20. The molecule has 0 atom stereocenters. The van der Waals surface area contributed by atoms with Crippen molar-refractivity contribution < 1.29 is 0 Å². The van der Waals surface area contributed by atoms with E-state index in [1.165, 1.54) is 30.1 Å². The molecule has 0 amide bonds. The van der Waals surface area contributed by atoms with Crippen LogP contribution in [0.15, 0.2) is 11.4 Å². The van der Waals surface area contributed by atoms with Crippen LogP contribution in [0.2, 0.25) is 0 Å². The van der Waals surface area contributed by atoms with Crippen molar-refractivity contribution in [2.45, 2.75) is 18.4 Å². The third-order valence-electron chi connectivity index (χ3n) is 2.83. The van der Waals surface area contributed by atoms with Crippen LogP contribution in [0, 0.1) is 0 Å². The standard InChI is InChI=1S/C9H12N2S/c1-11-6-9(3-4-9)10-8-7(11)2-5-12-8/h2,5,10H,3-4,6H2,1H3. The molecule has 1 aliphatic carbocycles. The maximum Gasteiger partial charge on any atom is 0.113 e. The quantitative estimate of drug-likeness (QED) is 0.658. The Morgan fingerprint density at radius 1 is 1.58 bits per heavy atom. The third kappa shape index (κ3) is 0.800. The number of fused-ring (bicyclic) bond motifs is 1. The van der Waals surface area contributed by atoms with E-state index < -0.39 is 0 Å².